The van der Waals surface area contributed by atoms with Crippen LogP contribution in [0.15, 0.2) is 24.3 Å². The summed E-state index contributed by atoms with van der Waals surface area (Å²) in [6, 6.07) is 6.63. The zero-order valence-corrected chi connectivity index (χ0v) is 10.3. The first-order valence-corrected chi connectivity index (χ1v) is 7.19. The Labute approximate surface area is 100 Å². The van der Waals surface area contributed by atoms with Gasteiger partial charge < -0.3 is 5.11 Å². The van der Waals surface area contributed by atoms with Gasteiger partial charge >= 0.3 is 0 Å². The van der Waals surface area contributed by atoms with Crippen LogP contribution in [-0.2, 0) is 15.4 Å². The third-order valence-corrected chi connectivity index (χ3v) is 4.84. The Kier molecular flexibility index (Phi) is 2.83. The molecule has 1 saturated heterocycles. The standard InChI is InChI=1S/C12H14O4S/c1-9(13)10-4-2-3-5-11(10)12(14)6-7-17(15,16)8-12/h2-5,14H,6-8H2,1H3. The van der Waals surface area contributed by atoms with E-state index in [4.69, 9.17) is 0 Å². The van der Waals surface area contributed by atoms with E-state index < -0.39 is 15.4 Å². The summed E-state index contributed by atoms with van der Waals surface area (Å²) in [5, 5.41) is 10.4. The lowest BCUT2D eigenvalue weighted by atomic mass is 9.88. The first-order valence-electron chi connectivity index (χ1n) is 5.37. The van der Waals surface area contributed by atoms with Crippen LogP contribution in [0.1, 0.15) is 29.3 Å². The van der Waals surface area contributed by atoms with Gasteiger partial charge in [-0.3, -0.25) is 4.79 Å². The molecule has 0 spiro atoms. The summed E-state index contributed by atoms with van der Waals surface area (Å²) in [5.41, 5.74) is -0.596. The fourth-order valence-electron chi connectivity index (χ4n) is 2.24. The Balaban J connectivity index is 2.51. The van der Waals surface area contributed by atoms with Gasteiger partial charge in [0.05, 0.1) is 11.5 Å². The van der Waals surface area contributed by atoms with Crippen molar-refractivity contribution in [1.82, 2.24) is 0 Å². The molecule has 92 valence electrons. The van der Waals surface area contributed by atoms with E-state index in [0.29, 0.717) is 11.1 Å². The number of hydrogen-bond acceptors (Lipinski definition) is 4. The highest BCUT2D eigenvalue weighted by Gasteiger charge is 2.43. The van der Waals surface area contributed by atoms with Crippen molar-refractivity contribution in [2.24, 2.45) is 0 Å². The highest BCUT2D eigenvalue weighted by atomic mass is 32.2. The molecular weight excluding hydrogens is 240 g/mol. The van der Waals surface area contributed by atoms with Crippen LogP contribution in [-0.4, -0.2) is 30.8 Å². The normalized spacial score (nSPS) is 26.9. The Morgan fingerprint density at radius 1 is 1.35 bits per heavy atom. The van der Waals surface area contributed by atoms with Crippen molar-refractivity contribution in [1.29, 1.82) is 0 Å². The monoisotopic (exact) mass is 254 g/mol. The number of hydrogen-bond donors (Lipinski definition) is 1. The second-order valence-electron chi connectivity index (χ2n) is 4.48. The maximum Gasteiger partial charge on any atom is 0.160 e. The van der Waals surface area contributed by atoms with Gasteiger partial charge in [0.2, 0.25) is 0 Å². The lowest BCUT2D eigenvalue weighted by Gasteiger charge is -2.23. The van der Waals surface area contributed by atoms with Crippen molar-refractivity contribution in [2.75, 3.05) is 11.5 Å². The molecule has 5 heteroatoms. The topological polar surface area (TPSA) is 71.4 Å². The molecule has 1 aliphatic heterocycles. The number of benzene rings is 1. The molecule has 1 unspecified atom stereocenters. The summed E-state index contributed by atoms with van der Waals surface area (Å²) >= 11 is 0. The second-order valence-corrected chi connectivity index (χ2v) is 6.66. The Hall–Kier alpha value is -1.20. The van der Waals surface area contributed by atoms with E-state index in [1.54, 1.807) is 24.3 Å². The number of sulfone groups is 1. The zero-order chi connectivity index (χ0) is 12.7. The van der Waals surface area contributed by atoms with Crippen LogP contribution >= 0.6 is 0 Å². The molecule has 0 aromatic heterocycles. The van der Waals surface area contributed by atoms with Crippen LogP contribution in [0, 0.1) is 0 Å². The van der Waals surface area contributed by atoms with Gasteiger partial charge in [-0.2, -0.15) is 0 Å². The molecule has 0 radical (unpaired) electrons. The first kappa shape index (κ1) is 12.3. The Morgan fingerprint density at radius 2 is 2.00 bits per heavy atom. The van der Waals surface area contributed by atoms with Crippen molar-refractivity contribution in [3.05, 3.63) is 35.4 Å². The maximum absolute atomic E-state index is 11.5. The van der Waals surface area contributed by atoms with Gasteiger partial charge in [-0.05, 0) is 18.9 Å². The second kappa shape index (κ2) is 3.92. The van der Waals surface area contributed by atoms with Crippen molar-refractivity contribution >= 4 is 15.6 Å². The quantitative estimate of drug-likeness (QED) is 0.796. The number of ketones is 1. The van der Waals surface area contributed by atoms with Gasteiger partial charge in [0.1, 0.15) is 5.60 Å². The van der Waals surface area contributed by atoms with Crippen LogP contribution in [0.3, 0.4) is 0 Å². The Bertz CT molecular complexity index is 562. The third-order valence-electron chi connectivity index (χ3n) is 3.09. The maximum atomic E-state index is 11.5. The predicted molar refractivity (Wildman–Crippen MR) is 63.6 cm³/mol. The Morgan fingerprint density at radius 3 is 2.53 bits per heavy atom. The average Bonchev–Trinajstić information content (AvgIpc) is 2.54. The van der Waals surface area contributed by atoms with E-state index in [2.05, 4.69) is 0 Å². The molecule has 1 aliphatic rings. The molecule has 17 heavy (non-hydrogen) atoms. The van der Waals surface area contributed by atoms with E-state index in [1.807, 2.05) is 0 Å². The van der Waals surface area contributed by atoms with Crippen LogP contribution in [0.25, 0.3) is 0 Å². The van der Waals surface area contributed by atoms with E-state index in [0.717, 1.165) is 0 Å². The number of aliphatic hydroxyl groups is 1. The minimum absolute atomic E-state index is 0.0320. The molecule has 1 atom stereocenters. The van der Waals surface area contributed by atoms with Crippen molar-refractivity contribution in [3.63, 3.8) is 0 Å². The average molecular weight is 254 g/mol. The fraction of sp³-hybridized carbons (Fsp3) is 0.417. The van der Waals surface area contributed by atoms with Gasteiger partial charge in [-0.25, -0.2) is 8.42 Å². The number of carbonyl (C=O) groups excluding carboxylic acids is 1. The van der Waals surface area contributed by atoms with E-state index in [1.165, 1.54) is 6.92 Å². The van der Waals surface area contributed by atoms with Crippen molar-refractivity contribution < 1.29 is 18.3 Å². The molecule has 0 amide bonds. The van der Waals surface area contributed by atoms with Gasteiger partial charge in [0.25, 0.3) is 0 Å². The molecule has 0 saturated carbocycles. The SMILES string of the molecule is CC(=O)c1ccccc1C1(O)CCS(=O)(=O)C1. The van der Waals surface area contributed by atoms with Gasteiger partial charge in [-0.1, -0.05) is 24.3 Å². The molecule has 0 aliphatic carbocycles. The summed E-state index contributed by atoms with van der Waals surface area (Å²) in [6.07, 6.45) is 0.152. The molecule has 2 rings (SSSR count). The summed E-state index contributed by atoms with van der Waals surface area (Å²) in [4.78, 5) is 11.5. The fourth-order valence-corrected chi connectivity index (χ4v) is 4.06. The number of carbonyl (C=O) groups is 1. The molecule has 0 bridgehead atoms. The molecular formula is C12H14O4S. The molecule has 1 N–H and O–H groups in total. The zero-order valence-electron chi connectivity index (χ0n) is 9.51. The smallest absolute Gasteiger partial charge is 0.160 e. The van der Waals surface area contributed by atoms with E-state index >= 15 is 0 Å². The molecule has 1 fully saturated rings. The van der Waals surface area contributed by atoms with Gasteiger partial charge in [-0.15, -0.1) is 0 Å². The van der Waals surface area contributed by atoms with Crippen LogP contribution in [0.2, 0.25) is 0 Å². The highest BCUT2D eigenvalue weighted by molar-refractivity contribution is 7.91. The molecule has 1 aromatic carbocycles. The number of Topliss-reactive ketones (excluding diaryl/α,β-unsaturated/α-hetero) is 1. The highest BCUT2D eigenvalue weighted by Crippen LogP contribution is 2.35. The minimum Gasteiger partial charge on any atom is -0.384 e. The van der Waals surface area contributed by atoms with Gasteiger partial charge in [0.15, 0.2) is 15.6 Å². The van der Waals surface area contributed by atoms with Crippen LogP contribution in [0.5, 0.6) is 0 Å². The lowest BCUT2D eigenvalue weighted by molar-refractivity contribution is 0.0633. The lowest BCUT2D eigenvalue weighted by Crippen LogP contribution is -2.29. The van der Waals surface area contributed by atoms with Crippen molar-refractivity contribution in [3.8, 4) is 0 Å². The molecule has 1 aromatic rings. The van der Waals surface area contributed by atoms with E-state index in [9.17, 15) is 18.3 Å². The molecule has 4 nitrogen and oxygen atoms in total. The largest absolute Gasteiger partial charge is 0.384 e. The third kappa shape index (κ3) is 2.25. The summed E-state index contributed by atoms with van der Waals surface area (Å²) in [5.74, 6) is -0.502. The minimum atomic E-state index is -3.21. The summed E-state index contributed by atoms with van der Waals surface area (Å²) < 4.78 is 22.9. The summed E-state index contributed by atoms with van der Waals surface area (Å²) in [6.45, 7) is 1.41. The van der Waals surface area contributed by atoms with Gasteiger partial charge in [0, 0.05) is 5.56 Å². The molecule has 1 heterocycles. The van der Waals surface area contributed by atoms with Crippen LogP contribution < -0.4 is 0 Å². The predicted octanol–water partition coefficient (Wildman–Crippen LogP) is 0.895. The summed E-state index contributed by atoms with van der Waals surface area (Å²) in [7, 11) is -3.21. The first-order chi connectivity index (χ1) is 7.84. The van der Waals surface area contributed by atoms with Crippen LogP contribution in [0.4, 0.5) is 0 Å². The number of rotatable bonds is 2. The van der Waals surface area contributed by atoms with Crippen molar-refractivity contribution in [2.45, 2.75) is 18.9 Å². The van der Waals surface area contributed by atoms with E-state index in [-0.39, 0.29) is 23.7 Å².